The summed E-state index contributed by atoms with van der Waals surface area (Å²) < 4.78 is 5.05. The van der Waals surface area contributed by atoms with Crippen molar-refractivity contribution in [3.05, 3.63) is 42.2 Å². The lowest BCUT2D eigenvalue weighted by atomic mass is 9.81. The van der Waals surface area contributed by atoms with Crippen LogP contribution in [0.15, 0.2) is 36.5 Å². The lowest BCUT2D eigenvalue weighted by Crippen LogP contribution is -2.38. The van der Waals surface area contributed by atoms with E-state index in [-0.39, 0.29) is 17.8 Å². The number of benzene rings is 1. The largest absolute Gasteiger partial charge is 0.469 e. The number of ether oxygens (including phenoxy) is 1. The van der Waals surface area contributed by atoms with Crippen LogP contribution < -0.4 is 0 Å². The fourth-order valence-corrected chi connectivity index (χ4v) is 4.42. The van der Waals surface area contributed by atoms with Crippen LogP contribution in [-0.4, -0.2) is 42.0 Å². The molecular formula is C19H20N2O3. The third-order valence-electron chi connectivity index (χ3n) is 5.63. The molecule has 0 N–H and O–H groups in total. The molecule has 2 aliphatic rings. The van der Waals surface area contributed by atoms with E-state index in [9.17, 15) is 9.59 Å². The first kappa shape index (κ1) is 15.1. The fraction of sp³-hybridized carbons (Fsp3) is 0.421. The molecule has 1 saturated carbocycles. The Balaban J connectivity index is 1.68. The zero-order valence-electron chi connectivity index (χ0n) is 13.7. The number of carbonyl (C=O) groups is 2. The topological polar surface area (TPSA) is 59.5 Å². The van der Waals surface area contributed by atoms with Gasteiger partial charge in [-0.15, -0.1) is 0 Å². The number of carbonyl (C=O) groups excluding carboxylic acids is 2. The molecule has 124 valence electrons. The summed E-state index contributed by atoms with van der Waals surface area (Å²) in [5.41, 5.74) is -0.0530. The zero-order valence-corrected chi connectivity index (χ0v) is 13.7. The smallest absolute Gasteiger partial charge is 0.313 e. The van der Waals surface area contributed by atoms with Gasteiger partial charge >= 0.3 is 5.97 Å². The number of likely N-dealkylation sites (tertiary alicyclic amines) is 1. The van der Waals surface area contributed by atoms with E-state index in [1.807, 2.05) is 30.3 Å². The van der Waals surface area contributed by atoms with Gasteiger partial charge in [-0.05, 0) is 30.2 Å². The van der Waals surface area contributed by atoms with E-state index in [0.29, 0.717) is 18.8 Å². The molecule has 5 heteroatoms. The summed E-state index contributed by atoms with van der Waals surface area (Å²) in [6.45, 7) is 1.05. The normalized spacial score (nSPS) is 25.7. The Morgan fingerprint density at radius 2 is 2.12 bits per heavy atom. The summed E-state index contributed by atoms with van der Waals surface area (Å²) in [6.07, 6.45) is 4.47. The summed E-state index contributed by atoms with van der Waals surface area (Å²) >= 11 is 0. The highest BCUT2D eigenvalue weighted by Gasteiger charge is 2.56. The van der Waals surface area contributed by atoms with Crippen LogP contribution in [-0.2, 0) is 9.53 Å². The van der Waals surface area contributed by atoms with Gasteiger partial charge in [0.25, 0.3) is 5.91 Å². The van der Waals surface area contributed by atoms with Gasteiger partial charge in [0.15, 0.2) is 0 Å². The predicted molar refractivity (Wildman–Crippen MR) is 89.4 cm³/mol. The number of fused-ring (bicyclic) bond motifs is 2. The minimum Gasteiger partial charge on any atom is -0.469 e. The van der Waals surface area contributed by atoms with E-state index in [4.69, 9.17) is 4.74 Å². The van der Waals surface area contributed by atoms with Gasteiger partial charge in [-0.2, -0.15) is 0 Å². The Morgan fingerprint density at radius 1 is 1.29 bits per heavy atom. The maximum absolute atomic E-state index is 13.1. The Kier molecular flexibility index (Phi) is 3.52. The van der Waals surface area contributed by atoms with E-state index in [0.717, 1.165) is 30.0 Å². The highest BCUT2D eigenvalue weighted by molar-refractivity contribution is 6.05. The van der Waals surface area contributed by atoms with Crippen LogP contribution in [0.25, 0.3) is 10.8 Å². The molecule has 0 spiro atoms. The molecule has 1 aliphatic heterocycles. The molecule has 1 saturated heterocycles. The highest BCUT2D eigenvalue weighted by Crippen LogP contribution is 2.49. The van der Waals surface area contributed by atoms with Gasteiger partial charge in [-0.1, -0.05) is 30.7 Å². The lowest BCUT2D eigenvalue weighted by molar-refractivity contribution is -0.153. The second-order valence-electron chi connectivity index (χ2n) is 6.80. The molecule has 0 bridgehead atoms. The third kappa shape index (κ3) is 2.11. The summed E-state index contributed by atoms with van der Waals surface area (Å²) in [5, 5.41) is 1.85. The number of pyridine rings is 1. The number of methoxy groups -OCH3 is 1. The molecule has 1 aliphatic carbocycles. The van der Waals surface area contributed by atoms with E-state index in [2.05, 4.69) is 4.98 Å². The molecule has 24 heavy (non-hydrogen) atoms. The molecule has 2 aromatic rings. The number of amides is 1. The van der Waals surface area contributed by atoms with Crippen molar-refractivity contribution < 1.29 is 14.3 Å². The highest BCUT2D eigenvalue weighted by atomic mass is 16.5. The van der Waals surface area contributed by atoms with Crippen LogP contribution >= 0.6 is 0 Å². The van der Waals surface area contributed by atoms with Crippen molar-refractivity contribution in [2.24, 2.45) is 11.3 Å². The molecule has 1 aromatic carbocycles. The summed E-state index contributed by atoms with van der Waals surface area (Å²) in [5.74, 6) is -0.0699. The number of aromatic nitrogens is 1. The molecule has 2 atom stereocenters. The standard InChI is InChI=1S/C19H20N2O3/c1-24-18(23)19-9-4-6-14(19)11-21(12-19)17(22)16-15-7-3-2-5-13(15)8-10-20-16/h2-3,5,7-8,10,14H,4,6,9,11-12H2,1H3. The van der Waals surface area contributed by atoms with E-state index in [1.54, 1.807) is 11.1 Å². The Bertz CT molecular complexity index is 814. The van der Waals surface area contributed by atoms with Crippen LogP contribution in [0.4, 0.5) is 0 Å². The number of rotatable bonds is 2. The van der Waals surface area contributed by atoms with Crippen LogP contribution in [0.1, 0.15) is 29.8 Å². The molecule has 2 fully saturated rings. The maximum atomic E-state index is 13.1. The van der Waals surface area contributed by atoms with Gasteiger partial charge < -0.3 is 9.64 Å². The first-order valence-corrected chi connectivity index (χ1v) is 8.37. The van der Waals surface area contributed by atoms with Crippen molar-refractivity contribution >= 4 is 22.6 Å². The zero-order chi connectivity index (χ0) is 16.7. The maximum Gasteiger partial charge on any atom is 0.313 e. The summed E-state index contributed by atoms with van der Waals surface area (Å²) in [4.78, 5) is 31.5. The summed E-state index contributed by atoms with van der Waals surface area (Å²) in [6, 6.07) is 9.66. The number of esters is 1. The van der Waals surface area contributed by atoms with Gasteiger partial charge in [-0.25, -0.2) is 0 Å². The number of hydrogen-bond acceptors (Lipinski definition) is 4. The molecule has 2 heterocycles. The van der Waals surface area contributed by atoms with Crippen molar-refractivity contribution in [2.45, 2.75) is 19.3 Å². The number of nitrogens with zero attached hydrogens (tertiary/aromatic N) is 2. The van der Waals surface area contributed by atoms with Gasteiger partial charge in [0.1, 0.15) is 5.69 Å². The number of hydrogen-bond donors (Lipinski definition) is 0. The van der Waals surface area contributed by atoms with Crippen LogP contribution in [0.3, 0.4) is 0 Å². The molecule has 1 amide bonds. The van der Waals surface area contributed by atoms with Crippen molar-refractivity contribution in [2.75, 3.05) is 20.2 Å². The van der Waals surface area contributed by atoms with Crippen molar-refractivity contribution in [1.29, 1.82) is 0 Å². The Morgan fingerprint density at radius 3 is 2.96 bits per heavy atom. The van der Waals surface area contributed by atoms with E-state index in [1.165, 1.54) is 7.11 Å². The minimum atomic E-state index is -0.519. The average Bonchev–Trinajstić information content (AvgIpc) is 3.18. The Labute approximate surface area is 140 Å². The van der Waals surface area contributed by atoms with Crippen molar-refractivity contribution in [3.63, 3.8) is 0 Å². The summed E-state index contributed by atoms with van der Waals surface area (Å²) in [7, 11) is 1.43. The predicted octanol–water partition coefficient (Wildman–Crippen LogP) is 2.65. The van der Waals surface area contributed by atoms with E-state index >= 15 is 0 Å². The molecule has 4 rings (SSSR count). The fourth-order valence-electron chi connectivity index (χ4n) is 4.42. The molecule has 5 nitrogen and oxygen atoms in total. The second kappa shape index (κ2) is 5.58. The lowest BCUT2D eigenvalue weighted by Gasteiger charge is -2.25. The molecule has 0 radical (unpaired) electrons. The molecular weight excluding hydrogens is 304 g/mol. The average molecular weight is 324 g/mol. The quantitative estimate of drug-likeness (QED) is 0.797. The molecule has 2 unspecified atom stereocenters. The van der Waals surface area contributed by atoms with Gasteiger partial charge in [0, 0.05) is 24.7 Å². The monoisotopic (exact) mass is 324 g/mol. The van der Waals surface area contributed by atoms with E-state index < -0.39 is 5.41 Å². The van der Waals surface area contributed by atoms with Crippen molar-refractivity contribution in [1.82, 2.24) is 9.88 Å². The van der Waals surface area contributed by atoms with Gasteiger partial charge in [0.05, 0.1) is 12.5 Å². The van der Waals surface area contributed by atoms with Crippen LogP contribution in [0.5, 0.6) is 0 Å². The SMILES string of the molecule is COC(=O)C12CCCC1CN(C(=O)c1nccc3ccccc13)C2. The van der Waals surface area contributed by atoms with Crippen LogP contribution in [0, 0.1) is 11.3 Å². The first-order chi connectivity index (χ1) is 11.7. The Hall–Kier alpha value is -2.43. The third-order valence-corrected chi connectivity index (χ3v) is 5.63. The van der Waals surface area contributed by atoms with Crippen LogP contribution in [0.2, 0.25) is 0 Å². The van der Waals surface area contributed by atoms with Gasteiger partial charge in [0.2, 0.25) is 0 Å². The van der Waals surface area contributed by atoms with Gasteiger partial charge in [-0.3, -0.25) is 14.6 Å². The first-order valence-electron chi connectivity index (χ1n) is 8.37. The van der Waals surface area contributed by atoms with Crippen molar-refractivity contribution in [3.8, 4) is 0 Å². The second-order valence-corrected chi connectivity index (χ2v) is 6.80. The molecule has 1 aromatic heterocycles. The minimum absolute atomic E-state index is 0.0931.